The van der Waals surface area contributed by atoms with Gasteiger partial charge in [0.25, 0.3) is 0 Å². The van der Waals surface area contributed by atoms with E-state index in [4.69, 9.17) is 5.73 Å². The normalized spacial score (nSPS) is 13.1. The van der Waals surface area contributed by atoms with E-state index in [-0.39, 0.29) is 6.04 Å². The summed E-state index contributed by atoms with van der Waals surface area (Å²) in [6, 6.07) is 0.282. The summed E-state index contributed by atoms with van der Waals surface area (Å²) in [6.07, 6.45) is 3.99. The van der Waals surface area contributed by atoms with Crippen molar-refractivity contribution in [3.63, 3.8) is 0 Å². The van der Waals surface area contributed by atoms with Crippen LogP contribution in [0, 0.1) is 0 Å². The number of nitrogens with two attached hydrogens (primary N) is 1. The second-order valence-electron chi connectivity index (χ2n) is 3.99. The third kappa shape index (κ3) is 3.63. The Morgan fingerprint density at radius 1 is 1.33 bits per heavy atom. The van der Waals surface area contributed by atoms with Gasteiger partial charge in [0.2, 0.25) is 0 Å². The highest BCUT2D eigenvalue weighted by Gasteiger charge is 2.06. The molecule has 0 fully saturated rings. The standard InChI is InChI=1S/C11H22N4/c1-4-10-13-11(5-2)15(14-10)8-6-7-9(3)12/h9H,4-8,12H2,1-3H3. The minimum Gasteiger partial charge on any atom is -0.328 e. The highest BCUT2D eigenvalue weighted by atomic mass is 15.3. The van der Waals surface area contributed by atoms with Crippen LogP contribution in [0.1, 0.15) is 45.3 Å². The predicted molar refractivity (Wildman–Crippen MR) is 61.7 cm³/mol. The minimum atomic E-state index is 0.282. The van der Waals surface area contributed by atoms with Gasteiger partial charge in [0.1, 0.15) is 5.82 Å². The highest BCUT2D eigenvalue weighted by molar-refractivity contribution is 4.92. The van der Waals surface area contributed by atoms with Crippen molar-refractivity contribution in [2.75, 3.05) is 0 Å². The molecule has 1 aromatic heterocycles. The Kier molecular flexibility index (Phi) is 4.75. The van der Waals surface area contributed by atoms with Gasteiger partial charge in [-0.15, -0.1) is 0 Å². The molecule has 1 rings (SSSR count). The van der Waals surface area contributed by atoms with Crippen LogP contribution in [0.15, 0.2) is 0 Å². The van der Waals surface area contributed by atoms with E-state index in [1.54, 1.807) is 0 Å². The second-order valence-corrected chi connectivity index (χ2v) is 3.99. The maximum absolute atomic E-state index is 5.71. The van der Waals surface area contributed by atoms with Crippen molar-refractivity contribution in [1.82, 2.24) is 14.8 Å². The summed E-state index contributed by atoms with van der Waals surface area (Å²) in [7, 11) is 0. The quantitative estimate of drug-likeness (QED) is 0.774. The topological polar surface area (TPSA) is 56.7 Å². The van der Waals surface area contributed by atoms with Crippen LogP contribution in [-0.2, 0) is 19.4 Å². The van der Waals surface area contributed by atoms with Crippen LogP contribution in [0.3, 0.4) is 0 Å². The molecule has 86 valence electrons. The second kappa shape index (κ2) is 5.85. The molecular formula is C11H22N4. The molecular weight excluding hydrogens is 188 g/mol. The van der Waals surface area contributed by atoms with Crippen molar-refractivity contribution < 1.29 is 0 Å². The van der Waals surface area contributed by atoms with Gasteiger partial charge >= 0.3 is 0 Å². The summed E-state index contributed by atoms with van der Waals surface area (Å²) in [6.45, 7) is 7.18. The van der Waals surface area contributed by atoms with Crippen LogP contribution in [0.4, 0.5) is 0 Å². The van der Waals surface area contributed by atoms with E-state index >= 15 is 0 Å². The van der Waals surface area contributed by atoms with Gasteiger partial charge in [-0.1, -0.05) is 13.8 Å². The zero-order chi connectivity index (χ0) is 11.3. The lowest BCUT2D eigenvalue weighted by atomic mass is 10.2. The Labute approximate surface area is 91.9 Å². The molecule has 0 radical (unpaired) electrons. The first-order valence-electron chi connectivity index (χ1n) is 5.85. The zero-order valence-electron chi connectivity index (χ0n) is 10.0. The van der Waals surface area contributed by atoms with Gasteiger partial charge in [-0.2, -0.15) is 5.10 Å². The van der Waals surface area contributed by atoms with Gasteiger partial charge in [0.05, 0.1) is 0 Å². The molecule has 1 atom stereocenters. The van der Waals surface area contributed by atoms with Crippen molar-refractivity contribution in [2.45, 2.75) is 59.0 Å². The van der Waals surface area contributed by atoms with Crippen LogP contribution in [0.5, 0.6) is 0 Å². The first kappa shape index (κ1) is 12.2. The SMILES string of the molecule is CCc1nc(CC)n(CCCC(C)N)n1. The Hall–Kier alpha value is -0.900. The first-order valence-corrected chi connectivity index (χ1v) is 5.85. The first-order chi connectivity index (χ1) is 7.17. The molecule has 2 N–H and O–H groups in total. The summed E-state index contributed by atoms with van der Waals surface area (Å²) in [5.74, 6) is 2.05. The minimum absolute atomic E-state index is 0.282. The molecule has 4 nitrogen and oxygen atoms in total. The van der Waals surface area contributed by atoms with Gasteiger partial charge in [-0.05, 0) is 19.8 Å². The molecule has 0 spiro atoms. The van der Waals surface area contributed by atoms with Crippen molar-refractivity contribution in [3.05, 3.63) is 11.6 Å². The van der Waals surface area contributed by atoms with E-state index < -0.39 is 0 Å². The summed E-state index contributed by atoms with van der Waals surface area (Å²) in [4.78, 5) is 4.47. The van der Waals surface area contributed by atoms with Crippen molar-refractivity contribution in [1.29, 1.82) is 0 Å². The average Bonchev–Trinajstić information content (AvgIpc) is 2.60. The van der Waals surface area contributed by atoms with Crippen molar-refractivity contribution in [3.8, 4) is 0 Å². The number of hydrogen-bond acceptors (Lipinski definition) is 3. The predicted octanol–water partition coefficient (Wildman–Crippen LogP) is 1.53. The lowest BCUT2D eigenvalue weighted by Gasteiger charge is -2.06. The summed E-state index contributed by atoms with van der Waals surface area (Å²) >= 11 is 0. The maximum Gasteiger partial charge on any atom is 0.150 e. The van der Waals surface area contributed by atoms with E-state index in [1.807, 2.05) is 11.6 Å². The molecule has 0 aliphatic heterocycles. The molecule has 0 aliphatic rings. The van der Waals surface area contributed by atoms with E-state index in [1.165, 1.54) is 0 Å². The molecule has 4 heteroatoms. The molecule has 1 heterocycles. The van der Waals surface area contributed by atoms with E-state index in [0.717, 1.165) is 43.9 Å². The lowest BCUT2D eigenvalue weighted by molar-refractivity contribution is 0.507. The Morgan fingerprint density at radius 2 is 2.07 bits per heavy atom. The monoisotopic (exact) mass is 210 g/mol. The number of rotatable bonds is 6. The van der Waals surface area contributed by atoms with Gasteiger partial charge in [0, 0.05) is 25.4 Å². The van der Waals surface area contributed by atoms with E-state index in [0.29, 0.717) is 0 Å². The molecule has 1 unspecified atom stereocenters. The number of hydrogen-bond donors (Lipinski definition) is 1. The Morgan fingerprint density at radius 3 is 2.60 bits per heavy atom. The number of aryl methyl sites for hydroxylation is 3. The fraction of sp³-hybridized carbons (Fsp3) is 0.818. The third-order valence-corrected chi connectivity index (χ3v) is 2.45. The number of aromatic nitrogens is 3. The van der Waals surface area contributed by atoms with Gasteiger partial charge in [-0.25, -0.2) is 9.67 Å². The van der Waals surface area contributed by atoms with Crippen LogP contribution < -0.4 is 5.73 Å². The van der Waals surface area contributed by atoms with Crippen LogP contribution in [-0.4, -0.2) is 20.8 Å². The van der Waals surface area contributed by atoms with E-state index in [2.05, 4.69) is 23.9 Å². The Bertz CT molecular complexity index is 291. The molecule has 0 aliphatic carbocycles. The maximum atomic E-state index is 5.71. The molecule has 0 saturated heterocycles. The summed E-state index contributed by atoms with van der Waals surface area (Å²) in [5, 5.41) is 4.46. The van der Waals surface area contributed by atoms with Crippen LogP contribution in [0.25, 0.3) is 0 Å². The fourth-order valence-corrected chi connectivity index (χ4v) is 1.58. The van der Waals surface area contributed by atoms with Gasteiger partial charge in [0.15, 0.2) is 5.82 Å². The van der Waals surface area contributed by atoms with Crippen molar-refractivity contribution in [2.24, 2.45) is 5.73 Å². The van der Waals surface area contributed by atoms with Crippen molar-refractivity contribution >= 4 is 0 Å². The van der Waals surface area contributed by atoms with Gasteiger partial charge in [-0.3, -0.25) is 0 Å². The highest BCUT2D eigenvalue weighted by Crippen LogP contribution is 2.04. The molecule has 0 amide bonds. The van der Waals surface area contributed by atoms with E-state index in [9.17, 15) is 0 Å². The summed E-state index contributed by atoms with van der Waals surface area (Å²) in [5.41, 5.74) is 5.71. The zero-order valence-corrected chi connectivity index (χ0v) is 10.0. The number of nitrogens with zero attached hydrogens (tertiary/aromatic N) is 3. The van der Waals surface area contributed by atoms with Crippen LogP contribution in [0.2, 0.25) is 0 Å². The fourth-order valence-electron chi connectivity index (χ4n) is 1.58. The third-order valence-electron chi connectivity index (χ3n) is 2.45. The molecule has 0 aromatic carbocycles. The molecule has 1 aromatic rings. The average molecular weight is 210 g/mol. The Balaban J connectivity index is 2.54. The summed E-state index contributed by atoms with van der Waals surface area (Å²) < 4.78 is 2.03. The lowest BCUT2D eigenvalue weighted by Crippen LogP contribution is -2.16. The molecule has 0 bridgehead atoms. The van der Waals surface area contributed by atoms with Crippen LogP contribution >= 0.6 is 0 Å². The smallest absolute Gasteiger partial charge is 0.150 e. The molecule has 0 saturated carbocycles. The molecule has 15 heavy (non-hydrogen) atoms. The largest absolute Gasteiger partial charge is 0.328 e. The van der Waals surface area contributed by atoms with Gasteiger partial charge < -0.3 is 5.73 Å².